The Kier molecular flexibility index (Phi) is 2.88. The summed E-state index contributed by atoms with van der Waals surface area (Å²) in [6.07, 6.45) is -3.47. The van der Waals surface area contributed by atoms with Crippen molar-refractivity contribution in [2.24, 2.45) is 0 Å². The highest BCUT2D eigenvalue weighted by molar-refractivity contribution is 5.40. The first-order valence-electron chi connectivity index (χ1n) is 4.54. The van der Waals surface area contributed by atoms with E-state index in [2.05, 4.69) is 0 Å². The number of halogens is 3. The summed E-state index contributed by atoms with van der Waals surface area (Å²) in [5.74, 6) is 0. The van der Waals surface area contributed by atoms with Gasteiger partial charge in [-0.2, -0.15) is 13.2 Å². The van der Waals surface area contributed by atoms with Crippen molar-refractivity contribution in [3.8, 4) is 0 Å². The standard InChI is InChI=1S/C11H13F3/c1-4-9-5-6-10(11(12,13)14)8(3)7(9)2/h5-6H,4H2,1-3H3. The van der Waals surface area contributed by atoms with Gasteiger partial charge in [-0.1, -0.05) is 13.0 Å². The van der Waals surface area contributed by atoms with Crippen molar-refractivity contribution in [3.63, 3.8) is 0 Å². The van der Waals surface area contributed by atoms with Gasteiger partial charge in [0.25, 0.3) is 0 Å². The number of hydrogen-bond acceptors (Lipinski definition) is 0. The predicted molar refractivity (Wildman–Crippen MR) is 50.3 cm³/mol. The molecule has 0 N–H and O–H groups in total. The molecule has 0 aromatic heterocycles. The summed E-state index contributed by atoms with van der Waals surface area (Å²) in [6, 6.07) is 2.73. The fourth-order valence-electron chi connectivity index (χ4n) is 1.57. The summed E-state index contributed by atoms with van der Waals surface area (Å²) < 4.78 is 37.4. The molecule has 0 heterocycles. The zero-order valence-corrected chi connectivity index (χ0v) is 8.50. The van der Waals surface area contributed by atoms with Crippen molar-refractivity contribution in [2.45, 2.75) is 33.4 Å². The molecule has 0 saturated heterocycles. The normalized spacial score (nSPS) is 11.9. The maximum Gasteiger partial charge on any atom is 0.416 e. The molecule has 3 heteroatoms. The van der Waals surface area contributed by atoms with Gasteiger partial charge in [0.1, 0.15) is 0 Å². The van der Waals surface area contributed by atoms with Crippen molar-refractivity contribution in [1.29, 1.82) is 0 Å². The SMILES string of the molecule is CCc1ccc(C(F)(F)F)c(C)c1C. The number of rotatable bonds is 1. The van der Waals surface area contributed by atoms with E-state index in [0.29, 0.717) is 5.56 Å². The van der Waals surface area contributed by atoms with Gasteiger partial charge in [-0.25, -0.2) is 0 Å². The molecule has 0 fully saturated rings. The van der Waals surface area contributed by atoms with Gasteiger partial charge >= 0.3 is 6.18 Å². The average Bonchev–Trinajstić information content (AvgIpc) is 2.07. The fourth-order valence-corrected chi connectivity index (χ4v) is 1.57. The zero-order valence-electron chi connectivity index (χ0n) is 8.50. The number of aryl methyl sites for hydroxylation is 1. The Morgan fingerprint density at radius 1 is 1.07 bits per heavy atom. The van der Waals surface area contributed by atoms with Crippen LogP contribution in [0, 0.1) is 13.8 Å². The van der Waals surface area contributed by atoms with Crippen LogP contribution >= 0.6 is 0 Å². The Balaban J connectivity index is 3.31. The van der Waals surface area contributed by atoms with Gasteiger partial charge in [-0.3, -0.25) is 0 Å². The average molecular weight is 202 g/mol. The Hall–Kier alpha value is -0.990. The van der Waals surface area contributed by atoms with Crippen molar-refractivity contribution in [1.82, 2.24) is 0 Å². The van der Waals surface area contributed by atoms with Crippen LogP contribution in [0.4, 0.5) is 13.2 Å². The van der Waals surface area contributed by atoms with Crippen LogP contribution in [0.25, 0.3) is 0 Å². The Bertz CT molecular complexity index is 337. The van der Waals surface area contributed by atoms with Crippen LogP contribution in [0.3, 0.4) is 0 Å². The second kappa shape index (κ2) is 3.64. The molecule has 0 atom stereocenters. The van der Waals surface area contributed by atoms with Crippen LogP contribution in [-0.2, 0) is 12.6 Å². The third kappa shape index (κ3) is 1.91. The molecule has 0 spiro atoms. The molecule has 0 aliphatic heterocycles. The minimum atomic E-state index is -4.24. The zero-order chi connectivity index (χ0) is 10.9. The molecule has 0 aliphatic rings. The molecule has 0 saturated carbocycles. The first-order valence-corrected chi connectivity index (χ1v) is 4.54. The topological polar surface area (TPSA) is 0 Å². The molecular weight excluding hydrogens is 189 g/mol. The Morgan fingerprint density at radius 3 is 2.07 bits per heavy atom. The van der Waals surface area contributed by atoms with E-state index in [0.717, 1.165) is 17.5 Å². The minimum Gasteiger partial charge on any atom is -0.166 e. The van der Waals surface area contributed by atoms with Gasteiger partial charge in [0, 0.05) is 0 Å². The molecule has 0 amide bonds. The minimum absolute atomic E-state index is 0.344. The van der Waals surface area contributed by atoms with Gasteiger partial charge in [0.2, 0.25) is 0 Å². The molecule has 0 bridgehead atoms. The van der Waals surface area contributed by atoms with Gasteiger partial charge in [-0.15, -0.1) is 0 Å². The molecule has 0 radical (unpaired) electrons. The largest absolute Gasteiger partial charge is 0.416 e. The molecule has 1 aromatic carbocycles. The Morgan fingerprint density at radius 2 is 1.64 bits per heavy atom. The summed E-state index contributed by atoms with van der Waals surface area (Å²) in [5.41, 5.74) is 1.56. The Labute approximate surface area is 81.8 Å². The lowest BCUT2D eigenvalue weighted by atomic mass is 9.96. The van der Waals surface area contributed by atoms with Crippen molar-refractivity contribution in [3.05, 3.63) is 34.4 Å². The second-order valence-electron chi connectivity index (χ2n) is 3.37. The van der Waals surface area contributed by atoms with E-state index in [1.807, 2.05) is 6.92 Å². The first-order chi connectivity index (χ1) is 6.38. The maximum atomic E-state index is 12.5. The summed E-state index contributed by atoms with van der Waals surface area (Å²) in [5, 5.41) is 0. The molecule has 0 nitrogen and oxygen atoms in total. The van der Waals surface area contributed by atoms with E-state index < -0.39 is 11.7 Å². The maximum absolute atomic E-state index is 12.5. The number of benzene rings is 1. The second-order valence-corrected chi connectivity index (χ2v) is 3.37. The quantitative estimate of drug-likeness (QED) is 0.648. The summed E-state index contributed by atoms with van der Waals surface area (Å²) in [4.78, 5) is 0. The number of alkyl halides is 3. The third-order valence-corrected chi connectivity index (χ3v) is 2.59. The van der Waals surface area contributed by atoms with E-state index in [9.17, 15) is 13.2 Å². The van der Waals surface area contributed by atoms with E-state index in [1.165, 1.54) is 13.0 Å². The van der Waals surface area contributed by atoms with Gasteiger partial charge < -0.3 is 0 Å². The van der Waals surface area contributed by atoms with Crippen LogP contribution < -0.4 is 0 Å². The summed E-state index contributed by atoms with van der Waals surface area (Å²) >= 11 is 0. The summed E-state index contributed by atoms with van der Waals surface area (Å²) in [6.45, 7) is 5.20. The van der Waals surface area contributed by atoms with E-state index in [-0.39, 0.29) is 0 Å². The lowest BCUT2D eigenvalue weighted by Crippen LogP contribution is -2.09. The number of hydrogen-bond donors (Lipinski definition) is 0. The highest BCUT2D eigenvalue weighted by atomic mass is 19.4. The smallest absolute Gasteiger partial charge is 0.166 e. The van der Waals surface area contributed by atoms with Crippen LogP contribution in [0.5, 0.6) is 0 Å². The van der Waals surface area contributed by atoms with E-state index in [1.54, 1.807) is 13.0 Å². The highest BCUT2D eigenvalue weighted by Crippen LogP contribution is 2.33. The van der Waals surface area contributed by atoms with Crippen molar-refractivity contribution >= 4 is 0 Å². The van der Waals surface area contributed by atoms with Crippen LogP contribution in [0.2, 0.25) is 0 Å². The van der Waals surface area contributed by atoms with E-state index in [4.69, 9.17) is 0 Å². The van der Waals surface area contributed by atoms with Crippen molar-refractivity contribution < 1.29 is 13.2 Å². The molecule has 0 unspecified atom stereocenters. The van der Waals surface area contributed by atoms with Crippen molar-refractivity contribution in [2.75, 3.05) is 0 Å². The molecule has 78 valence electrons. The first kappa shape index (κ1) is 11.1. The van der Waals surface area contributed by atoms with Crippen LogP contribution in [0.1, 0.15) is 29.2 Å². The van der Waals surface area contributed by atoms with Crippen LogP contribution in [-0.4, -0.2) is 0 Å². The van der Waals surface area contributed by atoms with Gasteiger partial charge in [0.05, 0.1) is 5.56 Å². The fraction of sp³-hybridized carbons (Fsp3) is 0.455. The lowest BCUT2D eigenvalue weighted by molar-refractivity contribution is -0.138. The van der Waals surface area contributed by atoms with Gasteiger partial charge in [0.15, 0.2) is 0 Å². The monoisotopic (exact) mass is 202 g/mol. The highest BCUT2D eigenvalue weighted by Gasteiger charge is 2.32. The molecule has 14 heavy (non-hydrogen) atoms. The third-order valence-electron chi connectivity index (χ3n) is 2.59. The predicted octanol–water partition coefficient (Wildman–Crippen LogP) is 3.88. The molecule has 1 aromatic rings. The molecule has 0 aliphatic carbocycles. The molecule has 1 rings (SSSR count). The van der Waals surface area contributed by atoms with Gasteiger partial charge in [-0.05, 0) is 43.0 Å². The van der Waals surface area contributed by atoms with Crippen LogP contribution in [0.15, 0.2) is 12.1 Å². The lowest BCUT2D eigenvalue weighted by Gasteiger charge is -2.14. The summed E-state index contributed by atoms with van der Waals surface area (Å²) in [7, 11) is 0. The molecular formula is C11H13F3. The van der Waals surface area contributed by atoms with E-state index >= 15 is 0 Å².